The van der Waals surface area contributed by atoms with Gasteiger partial charge in [0.05, 0.1) is 0 Å². The van der Waals surface area contributed by atoms with Gasteiger partial charge in [-0.05, 0) is 37.0 Å². The van der Waals surface area contributed by atoms with Gasteiger partial charge in [-0.2, -0.15) is 4.21 Å². The molecule has 1 aromatic carbocycles. The van der Waals surface area contributed by atoms with Gasteiger partial charge in [-0.15, -0.1) is 10.2 Å². The number of hydrogen-bond acceptors (Lipinski definition) is 4. The average Bonchev–Trinajstić information content (AvgIpc) is 3.19. The van der Waals surface area contributed by atoms with Gasteiger partial charge in [-0.25, -0.2) is 9.24 Å². The van der Waals surface area contributed by atoms with Gasteiger partial charge in [-0.3, -0.25) is 5.10 Å². The normalized spacial score (nSPS) is 14.5. The van der Waals surface area contributed by atoms with E-state index in [1.807, 2.05) is 42.6 Å². The maximum atomic E-state index is 12.5. The van der Waals surface area contributed by atoms with Crippen LogP contribution in [0.15, 0.2) is 24.3 Å². The predicted molar refractivity (Wildman–Crippen MR) is 116 cm³/mol. The summed E-state index contributed by atoms with van der Waals surface area (Å²) in [6.45, 7) is 15.1. The molecular weight excluding hydrogens is 386 g/mol. The molecule has 0 saturated heterocycles. The number of H-pyrrole nitrogens is 1. The quantitative estimate of drug-likeness (QED) is 0.609. The molecule has 0 radical (unpaired) electrons. The minimum absolute atomic E-state index is 0.00937. The highest BCUT2D eigenvalue weighted by atomic mass is 32.2. The van der Waals surface area contributed by atoms with Crippen molar-refractivity contribution < 1.29 is 8.39 Å². The lowest BCUT2D eigenvalue weighted by atomic mass is 9.93. The summed E-state index contributed by atoms with van der Waals surface area (Å²) in [5.41, 5.74) is 3.90. The molecular formula is C21H31N5O2S. The highest BCUT2D eigenvalue weighted by Crippen LogP contribution is 2.26. The number of aromatic nitrogens is 4. The van der Waals surface area contributed by atoms with Gasteiger partial charge in [0.25, 0.3) is 11.3 Å². The SMILES string of the molecule is Cc1ccc(C)c(OS(=O)NCC(c2nnc3cc(C(C)(C)C)[nH]n23)C(C)C)c1. The summed E-state index contributed by atoms with van der Waals surface area (Å²) in [5.74, 6) is 1.74. The molecule has 2 aromatic heterocycles. The van der Waals surface area contributed by atoms with Crippen molar-refractivity contribution in [1.82, 2.24) is 24.5 Å². The smallest absolute Gasteiger partial charge is 0.288 e. The summed E-state index contributed by atoms with van der Waals surface area (Å²) in [5, 5.41) is 12.1. The van der Waals surface area contributed by atoms with Crippen LogP contribution in [-0.4, -0.2) is 30.6 Å². The Hall–Kier alpha value is -2.19. The first-order valence-electron chi connectivity index (χ1n) is 9.91. The minimum Gasteiger partial charge on any atom is -0.389 e. The minimum atomic E-state index is -1.65. The lowest BCUT2D eigenvalue weighted by Crippen LogP contribution is -2.30. The van der Waals surface area contributed by atoms with Crippen LogP contribution >= 0.6 is 0 Å². The van der Waals surface area contributed by atoms with Gasteiger partial charge >= 0.3 is 0 Å². The third kappa shape index (κ3) is 4.87. The molecule has 0 bridgehead atoms. The Morgan fingerprint density at radius 3 is 2.59 bits per heavy atom. The molecule has 0 aliphatic carbocycles. The van der Waals surface area contributed by atoms with E-state index in [1.54, 1.807) is 0 Å². The Kier molecular flexibility index (Phi) is 6.14. The molecule has 0 spiro atoms. The molecule has 2 heterocycles. The molecule has 158 valence electrons. The Bertz CT molecular complexity index is 1020. The van der Waals surface area contributed by atoms with Gasteiger partial charge < -0.3 is 4.18 Å². The Morgan fingerprint density at radius 1 is 1.21 bits per heavy atom. The van der Waals surface area contributed by atoms with E-state index < -0.39 is 11.3 Å². The van der Waals surface area contributed by atoms with Crippen LogP contribution in [0.25, 0.3) is 5.65 Å². The fraction of sp³-hybridized carbons (Fsp3) is 0.524. The van der Waals surface area contributed by atoms with E-state index in [4.69, 9.17) is 4.18 Å². The largest absolute Gasteiger partial charge is 0.389 e. The Balaban J connectivity index is 1.75. The second-order valence-corrected chi connectivity index (χ2v) is 9.88. The van der Waals surface area contributed by atoms with Gasteiger partial charge in [0.1, 0.15) is 5.75 Å². The van der Waals surface area contributed by atoms with E-state index in [0.717, 1.165) is 28.3 Å². The maximum absolute atomic E-state index is 12.5. The Morgan fingerprint density at radius 2 is 1.93 bits per heavy atom. The van der Waals surface area contributed by atoms with Crippen molar-refractivity contribution in [2.45, 2.75) is 59.8 Å². The van der Waals surface area contributed by atoms with Crippen LogP contribution in [0.5, 0.6) is 5.75 Å². The van der Waals surface area contributed by atoms with E-state index in [9.17, 15) is 4.21 Å². The van der Waals surface area contributed by atoms with Gasteiger partial charge in [0.2, 0.25) is 0 Å². The van der Waals surface area contributed by atoms with Crippen molar-refractivity contribution in [3.63, 3.8) is 0 Å². The molecule has 0 saturated carbocycles. The van der Waals surface area contributed by atoms with Crippen molar-refractivity contribution in [3.8, 4) is 5.75 Å². The molecule has 2 unspecified atom stereocenters. The molecule has 3 rings (SSSR count). The molecule has 0 fully saturated rings. The molecule has 0 amide bonds. The van der Waals surface area contributed by atoms with Crippen molar-refractivity contribution in [2.24, 2.45) is 5.92 Å². The first kappa shape index (κ1) is 21.5. The Labute approximate surface area is 175 Å². The highest BCUT2D eigenvalue weighted by Gasteiger charge is 2.25. The fourth-order valence-corrected chi connectivity index (χ4v) is 3.83. The maximum Gasteiger partial charge on any atom is 0.288 e. The standard InChI is InChI=1S/C21H31N5O2S/c1-13(2)16(12-22-29(27)28-17-10-14(3)8-9-15(17)4)20-24-23-19-11-18(21(5,6)7)25-26(19)20/h8-11,13,16,22,25H,12H2,1-7H3. The van der Waals surface area contributed by atoms with Crippen molar-refractivity contribution in [3.05, 3.63) is 46.9 Å². The van der Waals surface area contributed by atoms with Gasteiger partial charge in [0.15, 0.2) is 11.5 Å². The molecule has 2 atom stereocenters. The van der Waals surface area contributed by atoms with Crippen LogP contribution in [0, 0.1) is 19.8 Å². The monoisotopic (exact) mass is 417 g/mol. The molecule has 8 heteroatoms. The van der Waals surface area contributed by atoms with E-state index in [2.05, 4.69) is 54.6 Å². The zero-order valence-electron chi connectivity index (χ0n) is 18.2. The number of aryl methyl sites for hydroxylation is 2. The summed E-state index contributed by atoms with van der Waals surface area (Å²) in [6, 6.07) is 7.89. The second kappa shape index (κ2) is 8.28. The molecule has 7 nitrogen and oxygen atoms in total. The van der Waals surface area contributed by atoms with Gasteiger partial charge in [-0.1, -0.05) is 46.8 Å². The summed E-state index contributed by atoms with van der Waals surface area (Å²) < 4.78 is 23.1. The number of rotatable bonds is 7. The highest BCUT2D eigenvalue weighted by molar-refractivity contribution is 7.78. The van der Waals surface area contributed by atoms with Crippen molar-refractivity contribution in [2.75, 3.05) is 6.54 Å². The first-order valence-corrected chi connectivity index (χ1v) is 11.0. The molecule has 29 heavy (non-hydrogen) atoms. The molecule has 2 N–H and O–H groups in total. The summed E-state index contributed by atoms with van der Waals surface area (Å²) in [7, 11) is 0. The zero-order chi connectivity index (χ0) is 21.3. The zero-order valence-corrected chi connectivity index (χ0v) is 19.1. The number of aromatic amines is 1. The lowest BCUT2D eigenvalue weighted by molar-refractivity contribution is 0.452. The van der Waals surface area contributed by atoms with Crippen LogP contribution in [0.4, 0.5) is 0 Å². The molecule has 0 aliphatic heterocycles. The number of nitrogens with zero attached hydrogens (tertiary/aromatic N) is 3. The van der Waals surface area contributed by atoms with E-state index in [-0.39, 0.29) is 17.3 Å². The van der Waals surface area contributed by atoms with Crippen molar-refractivity contribution >= 4 is 16.9 Å². The predicted octanol–water partition coefficient (Wildman–Crippen LogP) is 3.96. The number of nitrogens with one attached hydrogen (secondary N) is 2. The molecule has 0 aliphatic rings. The number of hydrogen-bond donors (Lipinski definition) is 2. The van der Waals surface area contributed by atoms with Crippen LogP contribution < -0.4 is 8.91 Å². The van der Waals surface area contributed by atoms with E-state index in [0.29, 0.717) is 12.3 Å². The first-order chi connectivity index (χ1) is 13.6. The summed E-state index contributed by atoms with van der Waals surface area (Å²) in [4.78, 5) is 0. The van der Waals surface area contributed by atoms with E-state index in [1.165, 1.54) is 0 Å². The fourth-order valence-electron chi connectivity index (χ4n) is 3.11. The third-order valence-corrected chi connectivity index (χ3v) is 5.83. The number of fused-ring (bicyclic) bond motifs is 1. The third-order valence-electron chi connectivity index (χ3n) is 5.09. The van der Waals surface area contributed by atoms with Gasteiger partial charge in [0, 0.05) is 29.6 Å². The van der Waals surface area contributed by atoms with Crippen LogP contribution in [0.3, 0.4) is 0 Å². The lowest BCUT2D eigenvalue weighted by Gasteiger charge is -2.20. The molecule has 3 aromatic rings. The average molecular weight is 418 g/mol. The van der Waals surface area contributed by atoms with Crippen molar-refractivity contribution in [1.29, 1.82) is 0 Å². The van der Waals surface area contributed by atoms with Crippen LogP contribution in [-0.2, 0) is 16.7 Å². The van der Waals surface area contributed by atoms with E-state index >= 15 is 0 Å². The summed E-state index contributed by atoms with van der Waals surface area (Å²) >= 11 is -1.65. The van der Waals surface area contributed by atoms with Crippen LogP contribution in [0.2, 0.25) is 0 Å². The summed E-state index contributed by atoms with van der Waals surface area (Å²) in [6.07, 6.45) is 0. The van der Waals surface area contributed by atoms with Crippen LogP contribution in [0.1, 0.15) is 63.2 Å². The second-order valence-electron chi connectivity index (χ2n) is 8.96. The number of benzene rings is 1. The topological polar surface area (TPSA) is 84.3 Å².